The van der Waals surface area contributed by atoms with E-state index in [9.17, 15) is 4.79 Å². The summed E-state index contributed by atoms with van der Waals surface area (Å²) in [4.78, 5) is 17.1. The van der Waals surface area contributed by atoms with Crippen LogP contribution in [0.5, 0.6) is 5.75 Å². The van der Waals surface area contributed by atoms with Crippen LogP contribution in [0.2, 0.25) is 5.02 Å². The van der Waals surface area contributed by atoms with Crippen LogP contribution in [0.15, 0.2) is 39.0 Å². The second-order valence-electron chi connectivity index (χ2n) is 4.69. The zero-order chi connectivity index (χ0) is 16.4. The molecule has 120 valence electrons. The lowest BCUT2D eigenvalue weighted by Gasteiger charge is -2.14. The van der Waals surface area contributed by atoms with E-state index in [1.165, 1.54) is 21.8 Å². The Morgan fingerprint density at radius 2 is 2.26 bits per heavy atom. The first-order valence-electron chi connectivity index (χ1n) is 6.90. The molecule has 0 spiro atoms. The third-order valence-electron chi connectivity index (χ3n) is 3.11. The summed E-state index contributed by atoms with van der Waals surface area (Å²) in [6.07, 6.45) is 1.72. The summed E-state index contributed by atoms with van der Waals surface area (Å²) in [7, 11) is 0. The van der Waals surface area contributed by atoms with Gasteiger partial charge in [0.05, 0.1) is 29.0 Å². The molecule has 0 saturated carbocycles. The van der Waals surface area contributed by atoms with Crippen molar-refractivity contribution in [1.29, 1.82) is 0 Å². The number of benzene rings is 1. The van der Waals surface area contributed by atoms with Crippen molar-refractivity contribution >= 4 is 49.5 Å². The minimum Gasteiger partial charge on any atom is -0.491 e. The Bertz CT molecular complexity index is 909. The van der Waals surface area contributed by atoms with Gasteiger partial charge in [-0.1, -0.05) is 11.6 Å². The molecule has 2 heterocycles. The van der Waals surface area contributed by atoms with E-state index in [0.29, 0.717) is 34.6 Å². The van der Waals surface area contributed by atoms with Crippen molar-refractivity contribution in [2.24, 2.45) is 0 Å². The van der Waals surface area contributed by atoms with Crippen LogP contribution in [-0.4, -0.2) is 16.0 Å². The van der Waals surface area contributed by atoms with E-state index in [2.05, 4.69) is 26.2 Å². The van der Waals surface area contributed by atoms with Crippen LogP contribution >= 0.6 is 38.9 Å². The van der Waals surface area contributed by atoms with Crippen molar-refractivity contribution in [3.63, 3.8) is 0 Å². The minimum absolute atomic E-state index is 0.0923. The average molecular weight is 415 g/mol. The highest BCUT2D eigenvalue weighted by Crippen LogP contribution is 2.36. The summed E-state index contributed by atoms with van der Waals surface area (Å²) in [6, 6.07) is 5.08. The van der Waals surface area contributed by atoms with Crippen LogP contribution in [-0.2, 0) is 6.54 Å². The fourth-order valence-electron chi connectivity index (χ4n) is 2.15. The number of rotatable bonds is 5. The summed E-state index contributed by atoms with van der Waals surface area (Å²) < 4.78 is 7.94. The van der Waals surface area contributed by atoms with Gasteiger partial charge in [-0.25, -0.2) is 4.98 Å². The highest BCUT2D eigenvalue weighted by Gasteiger charge is 2.11. The number of halogens is 2. The van der Waals surface area contributed by atoms with Gasteiger partial charge >= 0.3 is 0 Å². The molecule has 0 amide bonds. The Kier molecular flexibility index (Phi) is 4.89. The number of aromatic nitrogens is 2. The summed E-state index contributed by atoms with van der Waals surface area (Å²) in [5.41, 5.74) is 1.32. The summed E-state index contributed by atoms with van der Waals surface area (Å²) in [6.45, 7) is 2.85. The van der Waals surface area contributed by atoms with Gasteiger partial charge in [-0.05, 0) is 35.0 Å². The molecule has 8 heteroatoms. The Morgan fingerprint density at radius 3 is 3.04 bits per heavy atom. The fraction of sp³-hybridized carbons (Fsp3) is 0.200. The molecule has 1 aromatic carbocycles. The molecular formula is C15H13BrClN3O2S. The third kappa shape index (κ3) is 3.52. The molecule has 0 bridgehead atoms. The van der Waals surface area contributed by atoms with Gasteiger partial charge in [-0.3, -0.25) is 9.20 Å². The standard InChI is InChI=1S/C15H13BrClN3O2S/c1-2-22-14-11(16)5-9(17)6-12(14)18-8-10-7-13(21)20-3-4-23-15(20)19-10/h3-7,18H,2,8H2,1H3. The largest absolute Gasteiger partial charge is 0.491 e. The molecule has 0 saturated heterocycles. The zero-order valence-electron chi connectivity index (χ0n) is 12.2. The molecule has 0 radical (unpaired) electrons. The molecule has 0 aliphatic rings. The normalized spacial score (nSPS) is 10.9. The van der Waals surface area contributed by atoms with Crippen molar-refractivity contribution < 1.29 is 4.74 Å². The summed E-state index contributed by atoms with van der Waals surface area (Å²) in [5.74, 6) is 0.686. The van der Waals surface area contributed by atoms with Gasteiger partial charge in [-0.2, -0.15) is 0 Å². The summed E-state index contributed by atoms with van der Waals surface area (Å²) in [5, 5.41) is 5.66. The van der Waals surface area contributed by atoms with E-state index < -0.39 is 0 Å². The van der Waals surface area contributed by atoms with E-state index in [1.807, 2.05) is 12.3 Å². The van der Waals surface area contributed by atoms with Gasteiger partial charge in [0, 0.05) is 22.7 Å². The number of nitrogens with zero attached hydrogens (tertiary/aromatic N) is 2. The van der Waals surface area contributed by atoms with Gasteiger partial charge < -0.3 is 10.1 Å². The Hall–Kier alpha value is -1.57. The second-order valence-corrected chi connectivity index (χ2v) is 6.86. The number of hydrogen-bond donors (Lipinski definition) is 1. The van der Waals surface area contributed by atoms with E-state index >= 15 is 0 Å². The van der Waals surface area contributed by atoms with Gasteiger partial charge in [-0.15, -0.1) is 11.3 Å². The molecule has 0 atom stereocenters. The maximum atomic E-state index is 12.0. The predicted molar refractivity (Wildman–Crippen MR) is 97.0 cm³/mol. The number of fused-ring (bicyclic) bond motifs is 1. The number of hydrogen-bond acceptors (Lipinski definition) is 5. The van der Waals surface area contributed by atoms with E-state index in [-0.39, 0.29) is 5.56 Å². The molecule has 2 aromatic heterocycles. The second kappa shape index (κ2) is 6.90. The molecule has 23 heavy (non-hydrogen) atoms. The first kappa shape index (κ1) is 16.3. The van der Waals surface area contributed by atoms with Crippen molar-refractivity contribution in [3.8, 4) is 5.75 Å². The average Bonchev–Trinajstić information content (AvgIpc) is 2.97. The fourth-order valence-corrected chi connectivity index (χ4v) is 3.81. The molecule has 0 unspecified atom stereocenters. The molecule has 0 aliphatic carbocycles. The van der Waals surface area contributed by atoms with Crippen molar-refractivity contribution in [1.82, 2.24) is 9.38 Å². The lowest BCUT2D eigenvalue weighted by atomic mass is 10.2. The van der Waals surface area contributed by atoms with E-state index in [4.69, 9.17) is 16.3 Å². The lowest BCUT2D eigenvalue weighted by Crippen LogP contribution is -2.15. The minimum atomic E-state index is -0.0923. The van der Waals surface area contributed by atoms with E-state index in [0.717, 1.165) is 10.2 Å². The first-order valence-corrected chi connectivity index (χ1v) is 8.95. The number of thiazole rings is 1. The molecular weight excluding hydrogens is 402 g/mol. The van der Waals surface area contributed by atoms with Crippen LogP contribution in [0, 0.1) is 0 Å². The predicted octanol–water partition coefficient (Wildman–Crippen LogP) is 4.18. The van der Waals surface area contributed by atoms with Crippen LogP contribution in [0.4, 0.5) is 5.69 Å². The molecule has 1 N–H and O–H groups in total. The van der Waals surface area contributed by atoms with Crippen LogP contribution in [0.1, 0.15) is 12.6 Å². The van der Waals surface area contributed by atoms with Crippen LogP contribution in [0.25, 0.3) is 4.96 Å². The van der Waals surface area contributed by atoms with Crippen molar-refractivity contribution in [3.05, 3.63) is 55.3 Å². The topological polar surface area (TPSA) is 55.6 Å². The maximum absolute atomic E-state index is 12.0. The monoisotopic (exact) mass is 413 g/mol. The molecule has 0 fully saturated rings. The lowest BCUT2D eigenvalue weighted by molar-refractivity contribution is 0.339. The number of anilines is 1. The van der Waals surface area contributed by atoms with Crippen molar-refractivity contribution in [2.45, 2.75) is 13.5 Å². The van der Waals surface area contributed by atoms with Gasteiger partial charge in [0.25, 0.3) is 5.56 Å². The Balaban J connectivity index is 1.88. The van der Waals surface area contributed by atoms with Crippen LogP contribution in [0.3, 0.4) is 0 Å². The number of nitrogens with one attached hydrogen (secondary N) is 1. The van der Waals surface area contributed by atoms with Crippen LogP contribution < -0.4 is 15.6 Å². The summed E-state index contributed by atoms with van der Waals surface area (Å²) >= 11 is 11.0. The van der Waals surface area contributed by atoms with Gasteiger partial charge in [0.15, 0.2) is 10.7 Å². The molecule has 0 aliphatic heterocycles. The molecule has 5 nitrogen and oxygen atoms in total. The maximum Gasteiger partial charge on any atom is 0.258 e. The van der Waals surface area contributed by atoms with E-state index in [1.54, 1.807) is 18.3 Å². The smallest absolute Gasteiger partial charge is 0.258 e. The Labute approximate surface area is 150 Å². The highest BCUT2D eigenvalue weighted by atomic mass is 79.9. The molecule has 3 aromatic rings. The van der Waals surface area contributed by atoms with Gasteiger partial charge in [0.2, 0.25) is 0 Å². The zero-order valence-corrected chi connectivity index (χ0v) is 15.3. The quantitative estimate of drug-likeness (QED) is 0.680. The first-order chi connectivity index (χ1) is 11.1. The van der Waals surface area contributed by atoms with Gasteiger partial charge in [0.1, 0.15) is 0 Å². The molecule has 3 rings (SSSR count). The SMILES string of the molecule is CCOc1c(Br)cc(Cl)cc1NCc1cc(=O)n2ccsc2n1. The number of ether oxygens (including phenoxy) is 1. The Morgan fingerprint density at radius 1 is 1.43 bits per heavy atom. The van der Waals surface area contributed by atoms with Crippen molar-refractivity contribution in [2.75, 3.05) is 11.9 Å². The highest BCUT2D eigenvalue weighted by molar-refractivity contribution is 9.10. The third-order valence-corrected chi connectivity index (χ3v) is 4.68.